The molecule has 3 nitrogen and oxygen atoms in total. The van der Waals surface area contributed by atoms with E-state index in [1.807, 2.05) is 0 Å². The van der Waals surface area contributed by atoms with Crippen molar-refractivity contribution in [1.29, 1.82) is 0 Å². The molecule has 0 saturated carbocycles. The zero-order chi connectivity index (χ0) is 13.2. The van der Waals surface area contributed by atoms with Gasteiger partial charge in [0.15, 0.2) is 0 Å². The Labute approximate surface area is 121 Å². The Morgan fingerprint density at radius 2 is 1.72 bits per heavy atom. The van der Waals surface area contributed by atoms with Gasteiger partial charge >= 0.3 is 0 Å². The first-order valence-electron chi connectivity index (χ1n) is 5.97. The van der Waals surface area contributed by atoms with E-state index in [1.165, 1.54) is 0 Å². The summed E-state index contributed by atoms with van der Waals surface area (Å²) in [6.45, 7) is 1.18. The van der Waals surface area contributed by atoms with E-state index in [4.69, 9.17) is 11.6 Å². The molecule has 0 radical (unpaired) electrons. The lowest BCUT2D eigenvalue weighted by atomic mass is 10.2. The van der Waals surface area contributed by atoms with Crippen LogP contribution >= 0.6 is 27.5 Å². The Balaban J connectivity index is 2.34. The Morgan fingerprint density at radius 3 is 2.28 bits per heavy atom. The molecule has 0 unspecified atom stereocenters. The van der Waals surface area contributed by atoms with Crippen molar-refractivity contribution in [2.45, 2.75) is 30.6 Å². The van der Waals surface area contributed by atoms with Crippen LogP contribution in [0.15, 0.2) is 27.6 Å². The molecule has 0 aromatic heterocycles. The predicted octanol–water partition coefficient (Wildman–Crippen LogP) is 3.67. The molecule has 18 heavy (non-hydrogen) atoms. The highest BCUT2D eigenvalue weighted by atomic mass is 79.9. The second-order valence-corrected chi connectivity index (χ2v) is 7.62. The van der Waals surface area contributed by atoms with Gasteiger partial charge in [0.1, 0.15) is 4.90 Å². The molecule has 6 heteroatoms. The molecule has 0 N–H and O–H groups in total. The van der Waals surface area contributed by atoms with Crippen LogP contribution in [0.3, 0.4) is 0 Å². The maximum Gasteiger partial charge on any atom is 0.244 e. The third-order valence-electron chi connectivity index (χ3n) is 3.08. The van der Waals surface area contributed by atoms with E-state index in [2.05, 4.69) is 15.9 Å². The van der Waals surface area contributed by atoms with Crippen molar-refractivity contribution in [3.63, 3.8) is 0 Å². The summed E-state index contributed by atoms with van der Waals surface area (Å²) < 4.78 is 27.3. The summed E-state index contributed by atoms with van der Waals surface area (Å²) in [5.74, 6) is 0. The van der Waals surface area contributed by atoms with Gasteiger partial charge in [0.05, 0.1) is 5.02 Å². The smallest absolute Gasteiger partial charge is 0.207 e. The van der Waals surface area contributed by atoms with Crippen molar-refractivity contribution in [2.24, 2.45) is 0 Å². The fourth-order valence-electron chi connectivity index (χ4n) is 2.11. The van der Waals surface area contributed by atoms with Crippen molar-refractivity contribution in [3.05, 3.63) is 27.7 Å². The first-order chi connectivity index (χ1) is 8.51. The van der Waals surface area contributed by atoms with Gasteiger partial charge in [0.25, 0.3) is 0 Å². The van der Waals surface area contributed by atoms with Crippen LogP contribution in [0.4, 0.5) is 0 Å². The highest BCUT2D eigenvalue weighted by molar-refractivity contribution is 9.10. The molecule has 1 heterocycles. The Morgan fingerprint density at radius 1 is 1.11 bits per heavy atom. The molecule has 0 aliphatic carbocycles. The summed E-state index contributed by atoms with van der Waals surface area (Å²) in [5, 5.41) is 0.272. The Kier molecular flexibility index (Phi) is 4.69. The normalized spacial score (nSPS) is 18.6. The molecule has 2 rings (SSSR count). The van der Waals surface area contributed by atoms with Gasteiger partial charge in [-0.1, -0.05) is 40.4 Å². The van der Waals surface area contributed by atoms with Crippen LogP contribution in [-0.2, 0) is 10.0 Å². The summed E-state index contributed by atoms with van der Waals surface area (Å²) in [6, 6.07) is 4.88. The van der Waals surface area contributed by atoms with Crippen molar-refractivity contribution in [3.8, 4) is 0 Å². The highest BCUT2D eigenvalue weighted by Crippen LogP contribution is 2.28. The first kappa shape index (κ1) is 14.3. The fourth-order valence-corrected chi connectivity index (χ4v) is 4.63. The van der Waals surface area contributed by atoms with Crippen LogP contribution in [0.25, 0.3) is 0 Å². The lowest BCUT2D eigenvalue weighted by Gasteiger charge is -2.20. The predicted molar refractivity (Wildman–Crippen MR) is 76.4 cm³/mol. The summed E-state index contributed by atoms with van der Waals surface area (Å²) >= 11 is 9.32. The SMILES string of the molecule is O=S(=O)(c1ccc(Br)cc1Cl)N1CCCCCC1. The van der Waals surface area contributed by atoms with Crippen molar-refractivity contribution in [1.82, 2.24) is 4.31 Å². The van der Waals surface area contributed by atoms with E-state index in [1.54, 1.807) is 22.5 Å². The minimum absolute atomic E-state index is 0.203. The van der Waals surface area contributed by atoms with Gasteiger partial charge in [0.2, 0.25) is 10.0 Å². The summed E-state index contributed by atoms with van der Waals surface area (Å²) in [6.07, 6.45) is 4.04. The highest BCUT2D eigenvalue weighted by Gasteiger charge is 2.27. The van der Waals surface area contributed by atoms with Crippen LogP contribution < -0.4 is 0 Å². The quantitative estimate of drug-likeness (QED) is 0.814. The fraction of sp³-hybridized carbons (Fsp3) is 0.500. The molecule has 0 amide bonds. The van der Waals surface area contributed by atoms with E-state index in [9.17, 15) is 8.42 Å². The van der Waals surface area contributed by atoms with Crippen LogP contribution in [0.5, 0.6) is 0 Å². The van der Waals surface area contributed by atoms with Crippen LogP contribution in [0.1, 0.15) is 25.7 Å². The molecular formula is C12H15BrClNO2S. The maximum atomic E-state index is 12.5. The minimum Gasteiger partial charge on any atom is -0.207 e. The van der Waals surface area contributed by atoms with E-state index in [-0.39, 0.29) is 9.92 Å². The van der Waals surface area contributed by atoms with Gasteiger partial charge in [-0.05, 0) is 31.0 Å². The monoisotopic (exact) mass is 351 g/mol. The third-order valence-corrected chi connectivity index (χ3v) is 5.95. The lowest BCUT2D eigenvalue weighted by molar-refractivity contribution is 0.424. The van der Waals surface area contributed by atoms with Crippen molar-refractivity contribution >= 4 is 37.6 Å². The lowest BCUT2D eigenvalue weighted by Crippen LogP contribution is -2.32. The van der Waals surface area contributed by atoms with Crippen molar-refractivity contribution < 1.29 is 8.42 Å². The average molecular weight is 353 g/mol. The number of halogens is 2. The van der Waals surface area contributed by atoms with Gasteiger partial charge in [0, 0.05) is 17.6 Å². The second-order valence-electron chi connectivity index (χ2n) is 4.39. The third kappa shape index (κ3) is 3.07. The van der Waals surface area contributed by atoms with Crippen molar-refractivity contribution in [2.75, 3.05) is 13.1 Å². The van der Waals surface area contributed by atoms with Gasteiger partial charge in [-0.3, -0.25) is 0 Å². The summed E-state index contributed by atoms with van der Waals surface area (Å²) in [7, 11) is -3.45. The molecular weight excluding hydrogens is 338 g/mol. The molecule has 1 saturated heterocycles. The van der Waals surface area contributed by atoms with Crippen LogP contribution in [0, 0.1) is 0 Å². The molecule has 100 valence electrons. The van der Waals surface area contributed by atoms with Gasteiger partial charge in [-0.15, -0.1) is 0 Å². The zero-order valence-corrected chi connectivity index (χ0v) is 13.1. The van der Waals surface area contributed by atoms with E-state index in [0.29, 0.717) is 13.1 Å². The molecule has 1 aromatic carbocycles. The molecule has 0 bridgehead atoms. The second kappa shape index (κ2) is 5.90. The number of hydrogen-bond acceptors (Lipinski definition) is 2. The number of rotatable bonds is 2. The number of sulfonamides is 1. The molecule has 1 aromatic rings. The van der Waals surface area contributed by atoms with E-state index < -0.39 is 10.0 Å². The molecule has 0 atom stereocenters. The van der Waals surface area contributed by atoms with Gasteiger partial charge in [-0.25, -0.2) is 8.42 Å². The molecule has 0 spiro atoms. The summed E-state index contributed by atoms with van der Waals surface area (Å²) in [4.78, 5) is 0.203. The van der Waals surface area contributed by atoms with E-state index >= 15 is 0 Å². The largest absolute Gasteiger partial charge is 0.244 e. The molecule has 1 aliphatic rings. The molecule has 1 fully saturated rings. The topological polar surface area (TPSA) is 37.4 Å². The Bertz CT molecular complexity index is 525. The van der Waals surface area contributed by atoms with Gasteiger partial charge in [-0.2, -0.15) is 4.31 Å². The standard InChI is InChI=1S/C12H15BrClNO2S/c13-10-5-6-12(11(14)9-10)18(16,17)15-7-3-1-2-4-8-15/h5-6,9H,1-4,7-8H2. The summed E-state index contributed by atoms with van der Waals surface area (Å²) in [5.41, 5.74) is 0. The number of nitrogens with zero attached hydrogens (tertiary/aromatic N) is 1. The van der Waals surface area contributed by atoms with E-state index in [0.717, 1.165) is 30.2 Å². The number of benzene rings is 1. The molecule has 1 aliphatic heterocycles. The maximum absolute atomic E-state index is 12.5. The minimum atomic E-state index is -3.45. The Hall–Kier alpha value is -0.100. The zero-order valence-electron chi connectivity index (χ0n) is 9.90. The van der Waals surface area contributed by atoms with Crippen LogP contribution in [0.2, 0.25) is 5.02 Å². The van der Waals surface area contributed by atoms with Crippen LogP contribution in [-0.4, -0.2) is 25.8 Å². The average Bonchev–Trinajstić information content (AvgIpc) is 2.57. The number of hydrogen-bond donors (Lipinski definition) is 0. The first-order valence-corrected chi connectivity index (χ1v) is 8.58. The van der Waals surface area contributed by atoms with Gasteiger partial charge < -0.3 is 0 Å².